The number of nitrogens with two attached hydrogens (primary N) is 2. The van der Waals surface area contributed by atoms with E-state index in [-0.39, 0.29) is 0 Å². The van der Waals surface area contributed by atoms with Crippen molar-refractivity contribution < 1.29 is 9.53 Å². The first kappa shape index (κ1) is 14.3. The van der Waals surface area contributed by atoms with Crippen molar-refractivity contribution in [2.75, 3.05) is 37.7 Å². The second kappa shape index (κ2) is 6.86. The first-order valence-electron chi connectivity index (χ1n) is 6.13. The van der Waals surface area contributed by atoms with Crippen LogP contribution in [0.4, 0.5) is 11.4 Å². The van der Waals surface area contributed by atoms with E-state index >= 15 is 0 Å². The van der Waals surface area contributed by atoms with Crippen LogP contribution < -0.4 is 11.5 Å². The number of hydrogen-bond donors (Lipinski definition) is 2. The molecule has 0 aliphatic rings. The summed E-state index contributed by atoms with van der Waals surface area (Å²) in [5.41, 5.74) is 12.5. The predicted molar refractivity (Wildman–Crippen MR) is 73.3 cm³/mol. The molecule has 5 nitrogen and oxygen atoms in total. The summed E-state index contributed by atoms with van der Waals surface area (Å²) in [6.07, 6.45) is 0. The summed E-state index contributed by atoms with van der Waals surface area (Å²) in [6.45, 7) is 7.13. The van der Waals surface area contributed by atoms with E-state index in [9.17, 15) is 4.79 Å². The molecule has 100 valence electrons. The fraction of sp³-hybridized carbons (Fsp3) is 0.462. The second-order valence-corrected chi connectivity index (χ2v) is 4.01. The summed E-state index contributed by atoms with van der Waals surface area (Å²) >= 11 is 0. The maximum atomic E-state index is 11.8. The smallest absolute Gasteiger partial charge is 0.340 e. The number of likely N-dealkylation sites (N-methyl/N-ethyl adjacent to an activating group) is 1. The van der Waals surface area contributed by atoms with Gasteiger partial charge in [0.1, 0.15) is 6.61 Å². The van der Waals surface area contributed by atoms with Gasteiger partial charge in [-0.3, -0.25) is 0 Å². The van der Waals surface area contributed by atoms with E-state index in [2.05, 4.69) is 18.7 Å². The Hall–Kier alpha value is -1.75. The molecule has 0 aliphatic heterocycles. The van der Waals surface area contributed by atoms with Gasteiger partial charge in [0.05, 0.1) is 5.56 Å². The van der Waals surface area contributed by atoms with Crippen LogP contribution in [0.25, 0.3) is 0 Å². The SMILES string of the molecule is CCN(CC)CCOC(=O)c1ccc(N)cc1N. The zero-order chi connectivity index (χ0) is 13.5. The van der Waals surface area contributed by atoms with Crippen LogP contribution in [-0.4, -0.2) is 37.1 Å². The maximum Gasteiger partial charge on any atom is 0.340 e. The summed E-state index contributed by atoms with van der Waals surface area (Å²) in [7, 11) is 0. The number of ether oxygens (including phenoxy) is 1. The highest BCUT2D eigenvalue weighted by atomic mass is 16.5. The first-order valence-corrected chi connectivity index (χ1v) is 6.13. The Balaban J connectivity index is 2.50. The van der Waals surface area contributed by atoms with Crippen molar-refractivity contribution in [3.8, 4) is 0 Å². The Labute approximate surface area is 108 Å². The number of nitrogens with zero attached hydrogens (tertiary/aromatic N) is 1. The summed E-state index contributed by atoms with van der Waals surface area (Å²) in [4.78, 5) is 14.0. The van der Waals surface area contributed by atoms with Crippen molar-refractivity contribution in [1.29, 1.82) is 0 Å². The van der Waals surface area contributed by atoms with Crippen LogP contribution in [0.5, 0.6) is 0 Å². The van der Waals surface area contributed by atoms with Crippen molar-refractivity contribution in [2.45, 2.75) is 13.8 Å². The van der Waals surface area contributed by atoms with Gasteiger partial charge in [-0.25, -0.2) is 4.79 Å². The van der Waals surface area contributed by atoms with Crippen molar-refractivity contribution in [3.63, 3.8) is 0 Å². The zero-order valence-corrected chi connectivity index (χ0v) is 11.0. The number of hydrogen-bond acceptors (Lipinski definition) is 5. The van der Waals surface area contributed by atoms with Crippen molar-refractivity contribution in [2.24, 2.45) is 0 Å². The van der Waals surface area contributed by atoms with Crippen molar-refractivity contribution >= 4 is 17.3 Å². The molecule has 0 spiro atoms. The lowest BCUT2D eigenvalue weighted by Crippen LogP contribution is -2.28. The molecule has 0 aromatic heterocycles. The molecule has 0 amide bonds. The molecule has 0 saturated carbocycles. The third-order valence-corrected chi connectivity index (χ3v) is 2.83. The number of esters is 1. The minimum absolute atomic E-state index is 0.350. The van der Waals surface area contributed by atoms with E-state index in [1.807, 2.05) is 0 Å². The fourth-order valence-corrected chi connectivity index (χ4v) is 1.65. The highest BCUT2D eigenvalue weighted by molar-refractivity contribution is 5.95. The average molecular weight is 251 g/mol. The normalized spacial score (nSPS) is 10.6. The number of carbonyl (C=O) groups is 1. The molecule has 18 heavy (non-hydrogen) atoms. The number of rotatable bonds is 6. The van der Waals surface area contributed by atoms with E-state index in [1.54, 1.807) is 18.2 Å². The third kappa shape index (κ3) is 3.92. The van der Waals surface area contributed by atoms with Crippen LogP contribution in [0.15, 0.2) is 18.2 Å². The van der Waals surface area contributed by atoms with E-state index < -0.39 is 5.97 Å². The van der Waals surface area contributed by atoms with Crippen LogP contribution in [-0.2, 0) is 4.74 Å². The van der Waals surface area contributed by atoms with Crippen LogP contribution in [0.1, 0.15) is 24.2 Å². The number of anilines is 2. The molecule has 0 fully saturated rings. The van der Waals surface area contributed by atoms with Gasteiger partial charge < -0.3 is 21.1 Å². The standard InChI is InChI=1S/C13H21N3O2/c1-3-16(4-2)7-8-18-13(17)11-6-5-10(14)9-12(11)15/h5-6,9H,3-4,7-8,14-15H2,1-2H3. The van der Waals surface area contributed by atoms with Gasteiger partial charge >= 0.3 is 5.97 Å². The average Bonchev–Trinajstić information content (AvgIpc) is 2.34. The quantitative estimate of drug-likeness (QED) is 0.589. The molecule has 1 rings (SSSR count). The van der Waals surface area contributed by atoms with Crippen LogP contribution >= 0.6 is 0 Å². The lowest BCUT2D eigenvalue weighted by atomic mass is 10.1. The maximum absolute atomic E-state index is 11.8. The fourth-order valence-electron chi connectivity index (χ4n) is 1.65. The van der Waals surface area contributed by atoms with E-state index in [1.165, 1.54) is 0 Å². The lowest BCUT2D eigenvalue weighted by molar-refractivity contribution is 0.0467. The van der Waals surface area contributed by atoms with Gasteiger partial charge in [0, 0.05) is 17.9 Å². The molecular weight excluding hydrogens is 230 g/mol. The Bertz CT molecular complexity index is 403. The molecular formula is C13H21N3O2. The number of nitrogen functional groups attached to an aromatic ring is 2. The Morgan fingerprint density at radius 2 is 1.94 bits per heavy atom. The van der Waals surface area contributed by atoms with Gasteiger partial charge in [-0.2, -0.15) is 0 Å². The monoisotopic (exact) mass is 251 g/mol. The molecule has 1 aromatic carbocycles. The summed E-state index contributed by atoms with van der Waals surface area (Å²) in [6, 6.07) is 4.78. The highest BCUT2D eigenvalue weighted by Gasteiger charge is 2.11. The topological polar surface area (TPSA) is 81.6 Å². The third-order valence-electron chi connectivity index (χ3n) is 2.83. The van der Waals surface area contributed by atoms with Gasteiger partial charge in [-0.15, -0.1) is 0 Å². The summed E-state index contributed by atoms with van der Waals surface area (Å²) < 4.78 is 5.18. The molecule has 0 saturated heterocycles. The van der Waals surface area contributed by atoms with Crippen LogP contribution in [0.2, 0.25) is 0 Å². The Morgan fingerprint density at radius 3 is 2.50 bits per heavy atom. The van der Waals surface area contributed by atoms with Crippen molar-refractivity contribution in [1.82, 2.24) is 4.90 Å². The van der Waals surface area contributed by atoms with Gasteiger partial charge in [-0.05, 0) is 31.3 Å². The predicted octanol–water partition coefficient (Wildman–Crippen LogP) is 1.35. The van der Waals surface area contributed by atoms with Crippen LogP contribution in [0.3, 0.4) is 0 Å². The molecule has 0 aliphatic carbocycles. The van der Waals surface area contributed by atoms with Crippen molar-refractivity contribution in [3.05, 3.63) is 23.8 Å². The molecule has 0 bridgehead atoms. The Kier molecular flexibility index (Phi) is 5.45. The molecule has 5 heteroatoms. The lowest BCUT2D eigenvalue weighted by Gasteiger charge is -2.17. The van der Waals surface area contributed by atoms with Gasteiger partial charge in [0.25, 0.3) is 0 Å². The summed E-state index contributed by atoms with van der Waals surface area (Å²) in [5, 5.41) is 0. The molecule has 0 radical (unpaired) electrons. The van der Waals surface area contributed by atoms with Crippen LogP contribution in [0, 0.1) is 0 Å². The number of carbonyl (C=O) groups excluding carboxylic acids is 1. The van der Waals surface area contributed by atoms with E-state index in [4.69, 9.17) is 16.2 Å². The van der Waals surface area contributed by atoms with Gasteiger partial charge in [0.15, 0.2) is 0 Å². The molecule has 0 unspecified atom stereocenters. The summed E-state index contributed by atoms with van der Waals surface area (Å²) in [5.74, 6) is -0.403. The second-order valence-electron chi connectivity index (χ2n) is 4.01. The minimum atomic E-state index is -0.403. The largest absolute Gasteiger partial charge is 0.461 e. The minimum Gasteiger partial charge on any atom is -0.461 e. The molecule has 0 heterocycles. The van der Waals surface area contributed by atoms with E-state index in [0.29, 0.717) is 23.5 Å². The molecule has 4 N–H and O–H groups in total. The van der Waals surface area contributed by atoms with E-state index in [0.717, 1.165) is 19.6 Å². The number of benzene rings is 1. The highest BCUT2D eigenvalue weighted by Crippen LogP contribution is 2.16. The molecule has 1 aromatic rings. The van der Waals surface area contributed by atoms with Gasteiger partial charge in [0.2, 0.25) is 0 Å². The van der Waals surface area contributed by atoms with Gasteiger partial charge in [-0.1, -0.05) is 13.8 Å². The Morgan fingerprint density at radius 1 is 1.28 bits per heavy atom. The first-order chi connectivity index (χ1) is 8.58. The zero-order valence-electron chi connectivity index (χ0n) is 11.0. The molecule has 0 atom stereocenters.